The largest absolute Gasteiger partial charge is 0.355 e. The summed E-state index contributed by atoms with van der Waals surface area (Å²) >= 11 is 0. The number of guanidine groups is 1. The first-order valence-corrected chi connectivity index (χ1v) is 10.6. The van der Waals surface area contributed by atoms with Crippen molar-refractivity contribution in [3.63, 3.8) is 0 Å². The van der Waals surface area contributed by atoms with Crippen LogP contribution in [0.5, 0.6) is 0 Å². The molecule has 1 fully saturated rings. The molecule has 3 rings (SSSR count). The van der Waals surface area contributed by atoms with E-state index in [9.17, 15) is 8.42 Å². The second-order valence-corrected chi connectivity index (χ2v) is 8.60. The van der Waals surface area contributed by atoms with E-state index in [2.05, 4.69) is 20.3 Å². The van der Waals surface area contributed by atoms with E-state index in [1.165, 1.54) is 4.31 Å². The molecule has 10 heteroatoms. The number of rotatable bonds is 6. The van der Waals surface area contributed by atoms with E-state index in [1.807, 2.05) is 48.5 Å². The van der Waals surface area contributed by atoms with Gasteiger partial charge >= 0.3 is 0 Å². The van der Waals surface area contributed by atoms with E-state index in [-0.39, 0.29) is 29.7 Å². The van der Waals surface area contributed by atoms with Crippen molar-refractivity contribution in [3.8, 4) is 11.3 Å². The number of sulfonamides is 1. The molecule has 154 valence electrons. The Labute approximate surface area is 183 Å². The normalized spacial score (nSPS) is 16.6. The highest BCUT2D eigenvalue weighted by atomic mass is 127. The Kier molecular flexibility index (Phi) is 8.25. The van der Waals surface area contributed by atoms with Crippen LogP contribution in [0.3, 0.4) is 0 Å². The third-order valence-corrected chi connectivity index (χ3v) is 6.48. The zero-order chi connectivity index (χ0) is 19.3. The number of aromatic amines is 1. The van der Waals surface area contributed by atoms with Crippen molar-refractivity contribution >= 4 is 40.0 Å². The quantitative estimate of drug-likeness (QED) is 0.345. The molecular formula is C18H27IN6O2S. The van der Waals surface area contributed by atoms with Crippen LogP contribution < -0.4 is 5.32 Å². The van der Waals surface area contributed by atoms with Gasteiger partial charge in [-0.05, 0) is 12.0 Å². The summed E-state index contributed by atoms with van der Waals surface area (Å²) in [5.74, 6) is 1.79. The van der Waals surface area contributed by atoms with Crippen LogP contribution in [0.4, 0.5) is 0 Å². The van der Waals surface area contributed by atoms with E-state index < -0.39 is 10.0 Å². The Morgan fingerprint density at radius 1 is 1.36 bits per heavy atom. The molecule has 1 saturated heterocycles. The minimum Gasteiger partial charge on any atom is -0.355 e. The maximum Gasteiger partial charge on any atom is 0.214 e. The molecule has 8 nitrogen and oxygen atoms in total. The van der Waals surface area contributed by atoms with Gasteiger partial charge in [-0.25, -0.2) is 17.7 Å². The maximum atomic E-state index is 11.8. The van der Waals surface area contributed by atoms with Crippen molar-refractivity contribution < 1.29 is 8.42 Å². The van der Waals surface area contributed by atoms with Crippen molar-refractivity contribution in [1.82, 2.24) is 24.5 Å². The summed E-state index contributed by atoms with van der Waals surface area (Å²) < 4.78 is 25.2. The zero-order valence-corrected chi connectivity index (χ0v) is 19.3. The molecule has 0 amide bonds. The van der Waals surface area contributed by atoms with E-state index in [0.29, 0.717) is 38.6 Å². The molecule has 0 radical (unpaired) electrons. The van der Waals surface area contributed by atoms with Gasteiger partial charge in [-0.2, -0.15) is 0 Å². The molecule has 2 aromatic rings. The number of aliphatic imine (C=N–C) groups is 1. The Morgan fingerprint density at radius 2 is 2.11 bits per heavy atom. The highest BCUT2D eigenvalue weighted by Crippen LogP contribution is 2.16. The van der Waals surface area contributed by atoms with Crippen molar-refractivity contribution in [2.24, 2.45) is 4.99 Å². The van der Waals surface area contributed by atoms with Crippen molar-refractivity contribution in [3.05, 3.63) is 42.4 Å². The number of halogens is 1. The molecule has 1 aromatic heterocycles. The third kappa shape index (κ3) is 5.67. The molecular weight excluding hydrogens is 491 g/mol. The van der Waals surface area contributed by atoms with Gasteiger partial charge in [-0.3, -0.25) is 4.99 Å². The smallest absolute Gasteiger partial charge is 0.214 e. The number of nitrogens with one attached hydrogen (secondary N) is 2. The number of hydrogen-bond donors (Lipinski definition) is 2. The summed E-state index contributed by atoms with van der Waals surface area (Å²) in [7, 11) is 0.575. The molecule has 0 aliphatic carbocycles. The fraction of sp³-hybridized carbons (Fsp3) is 0.444. The average molecular weight is 518 g/mol. The molecule has 0 bridgehead atoms. The number of benzene rings is 1. The first-order valence-electron chi connectivity index (χ1n) is 8.98. The lowest BCUT2D eigenvalue weighted by atomic mass is 10.2. The highest BCUT2D eigenvalue weighted by Gasteiger charge is 2.27. The molecule has 1 aromatic carbocycles. The molecule has 0 spiro atoms. The summed E-state index contributed by atoms with van der Waals surface area (Å²) in [4.78, 5) is 14.0. The van der Waals surface area contributed by atoms with E-state index in [0.717, 1.165) is 17.1 Å². The minimum atomic E-state index is -3.06. The summed E-state index contributed by atoms with van der Waals surface area (Å²) in [6.45, 7) is 2.14. The van der Waals surface area contributed by atoms with Gasteiger partial charge in [-0.15, -0.1) is 24.0 Å². The van der Waals surface area contributed by atoms with Gasteiger partial charge in [0.1, 0.15) is 5.82 Å². The number of hydrogen-bond acceptors (Lipinski definition) is 4. The van der Waals surface area contributed by atoms with Gasteiger partial charge in [0.15, 0.2) is 5.96 Å². The lowest BCUT2D eigenvalue weighted by Crippen LogP contribution is -2.42. The monoisotopic (exact) mass is 518 g/mol. The van der Waals surface area contributed by atoms with Crippen LogP contribution in [0.15, 0.2) is 41.5 Å². The van der Waals surface area contributed by atoms with Crippen LogP contribution in [-0.4, -0.2) is 73.0 Å². The topological polar surface area (TPSA) is 93.7 Å². The molecule has 2 N–H and O–H groups in total. The Bertz CT molecular complexity index is 884. The summed E-state index contributed by atoms with van der Waals surface area (Å²) in [5.41, 5.74) is 2.06. The van der Waals surface area contributed by atoms with Crippen LogP contribution in [0.1, 0.15) is 12.2 Å². The van der Waals surface area contributed by atoms with Crippen LogP contribution >= 0.6 is 24.0 Å². The predicted octanol–water partition coefficient (Wildman–Crippen LogP) is 1.74. The minimum absolute atomic E-state index is 0. The van der Waals surface area contributed by atoms with Gasteiger partial charge in [0, 0.05) is 33.7 Å². The molecule has 1 aliphatic rings. The molecule has 2 heterocycles. The number of aromatic nitrogens is 2. The van der Waals surface area contributed by atoms with E-state index >= 15 is 0 Å². The maximum absolute atomic E-state index is 11.8. The van der Waals surface area contributed by atoms with Gasteiger partial charge in [0.05, 0.1) is 24.2 Å². The van der Waals surface area contributed by atoms with Crippen LogP contribution in [0, 0.1) is 0 Å². The fourth-order valence-corrected chi connectivity index (χ4v) is 4.66. The first-order chi connectivity index (χ1) is 13.0. The molecule has 0 unspecified atom stereocenters. The lowest BCUT2D eigenvalue weighted by Gasteiger charge is -2.22. The Balaban J connectivity index is 0.00000280. The van der Waals surface area contributed by atoms with Gasteiger partial charge in [-0.1, -0.05) is 30.3 Å². The first kappa shape index (κ1) is 22.6. The van der Waals surface area contributed by atoms with Crippen molar-refractivity contribution in [1.29, 1.82) is 0 Å². The SMILES string of the molecule is CN=C(NCCN1CCCS1(=O)=O)N(C)Cc1ncc(-c2ccccc2)[nH]1.I. The Morgan fingerprint density at radius 3 is 2.75 bits per heavy atom. The predicted molar refractivity (Wildman–Crippen MR) is 122 cm³/mol. The van der Waals surface area contributed by atoms with Gasteiger partial charge < -0.3 is 15.2 Å². The molecule has 28 heavy (non-hydrogen) atoms. The van der Waals surface area contributed by atoms with Crippen LogP contribution in [0.25, 0.3) is 11.3 Å². The molecule has 0 saturated carbocycles. The zero-order valence-electron chi connectivity index (χ0n) is 16.1. The lowest BCUT2D eigenvalue weighted by molar-refractivity contribution is 0.429. The fourth-order valence-electron chi connectivity index (χ4n) is 3.13. The van der Waals surface area contributed by atoms with E-state index in [1.54, 1.807) is 7.05 Å². The van der Waals surface area contributed by atoms with Crippen LogP contribution in [-0.2, 0) is 16.6 Å². The van der Waals surface area contributed by atoms with Gasteiger partial charge in [0.25, 0.3) is 0 Å². The number of H-pyrrole nitrogens is 1. The third-order valence-electron chi connectivity index (χ3n) is 4.52. The molecule has 1 aliphatic heterocycles. The average Bonchev–Trinajstić information content (AvgIpc) is 3.25. The van der Waals surface area contributed by atoms with Crippen molar-refractivity contribution in [2.45, 2.75) is 13.0 Å². The second-order valence-electron chi connectivity index (χ2n) is 6.51. The number of imidazole rings is 1. The standard InChI is InChI=1S/C18H26N6O2S.HI/c1-19-18(20-9-11-24-10-6-12-27(24,25)26)23(2)14-17-21-13-16(22-17)15-7-4-3-5-8-15;/h3-5,7-8,13H,6,9-12,14H2,1-2H3,(H,19,20)(H,21,22);1H. The summed E-state index contributed by atoms with van der Waals surface area (Å²) in [6, 6.07) is 10.0. The highest BCUT2D eigenvalue weighted by molar-refractivity contribution is 14.0. The van der Waals surface area contributed by atoms with Crippen molar-refractivity contribution in [2.75, 3.05) is 39.5 Å². The molecule has 0 atom stereocenters. The van der Waals surface area contributed by atoms with Gasteiger partial charge in [0.2, 0.25) is 10.0 Å². The second kappa shape index (κ2) is 10.2. The van der Waals surface area contributed by atoms with E-state index in [4.69, 9.17) is 0 Å². The van der Waals surface area contributed by atoms with Crippen LogP contribution in [0.2, 0.25) is 0 Å². The summed E-state index contributed by atoms with van der Waals surface area (Å²) in [6.07, 6.45) is 2.53. The Hall–Kier alpha value is -1.66. The summed E-state index contributed by atoms with van der Waals surface area (Å²) in [5, 5.41) is 3.22. The number of nitrogens with zero attached hydrogens (tertiary/aromatic N) is 4.